The number of furan rings is 1. The minimum atomic E-state index is 0.590. The van der Waals surface area contributed by atoms with E-state index in [0.717, 1.165) is 66.5 Å². The third-order valence-corrected chi connectivity index (χ3v) is 10.5. The summed E-state index contributed by atoms with van der Waals surface area (Å²) < 4.78 is 9.24. The average Bonchev–Trinajstić information content (AvgIpc) is 3.81. The van der Waals surface area contributed by atoms with Gasteiger partial charge in [-0.15, -0.1) is 0 Å². The predicted molar refractivity (Wildman–Crippen MR) is 221 cm³/mol. The fourth-order valence-electron chi connectivity index (χ4n) is 7.96. The van der Waals surface area contributed by atoms with Gasteiger partial charge in [0.15, 0.2) is 23.1 Å². The van der Waals surface area contributed by atoms with Crippen molar-refractivity contribution < 1.29 is 4.42 Å². The molecule has 5 heteroatoms. The van der Waals surface area contributed by atoms with Crippen molar-refractivity contribution in [3.63, 3.8) is 0 Å². The highest BCUT2D eigenvalue weighted by Gasteiger charge is 2.22. The first kappa shape index (κ1) is 30.3. The van der Waals surface area contributed by atoms with Gasteiger partial charge in [0.25, 0.3) is 0 Å². The standard InChI is InChI=1S/C49H30N4O/c1-3-13-31(14-4-1)32-25-27-35(28-26-32)48-50-47(34-16-5-2-6-17-34)51-49(52-48)40-21-12-24-43-44(40)39-20-11-23-42(46(39)54-43)53-41-22-10-9-19-37(41)38-30-29-33-15-7-8-18-36(33)45(38)53/h1-30H. The Morgan fingerprint density at radius 2 is 0.981 bits per heavy atom. The molecule has 0 aliphatic rings. The lowest BCUT2D eigenvalue weighted by atomic mass is 10.0. The first-order valence-corrected chi connectivity index (χ1v) is 18.1. The predicted octanol–water partition coefficient (Wildman–Crippen LogP) is 12.7. The van der Waals surface area contributed by atoms with Gasteiger partial charge in [0.05, 0.1) is 16.7 Å². The molecule has 11 rings (SSSR count). The van der Waals surface area contributed by atoms with Crippen molar-refractivity contribution in [2.45, 2.75) is 0 Å². The van der Waals surface area contributed by atoms with Gasteiger partial charge in [0.1, 0.15) is 5.58 Å². The Hall–Kier alpha value is -7.37. The number of hydrogen-bond acceptors (Lipinski definition) is 4. The van der Waals surface area contributed by atoms with Crippen molar-refractivity contribution in [1.29, 1.82) is 0 Å². The average molecular weight is 691 g/mol. The maximum atomic E-state index is 6.87. The van der Waals surface area contributed by atoms with Gasteiger partial charge in [-0.3, -0.25) is 0 Å². The molecule has 0 unspecified atom stereocenters. The second kappa shape index (κ2) is 12.1. The topological polar surface area (TPSA) is 56.7 Å². The second-order valence-electron chi connectivity index (χ2n) is 13.6. The Balaban J connectivity index is 1.14. The van der Waals surface area contributed by atoms with Crippen LogP contribution in [-0.4, -0.2) is 19.5 Å². The number of fused-ring (bicyclic) bond motifs is 8. The molecule has 11 aromatic rings. The lowest BCUT2D eigenvalue weighted by Crippen LogP contribution is -2.00. The Morgan fingerprint density at radius 3 is 1.78 bits per heavy atom. The molecule has 8 aromatic carbocycles. The largest absolute Gasteiger partial charge is 0.454 e. The summed E-state index contributed by atoms with van der Waals surface area (Å²) in [6.45, 7) is 0. The van der Waals surface area contributed by atoms with Crippen LogP contribution in [0.4, 0.5) is 0 Å². The van der Waals surface area contributed by atoms with Crippen LogP contribution in [0.25, 0.3) is 105 Å². The zero-order valence-electron chi connectivity index (χ0n) is 29.0. The lowest BCUT2D eigenvalue weighted by molar-refractivity contribution is 0.666. The number of rotatable bonds is 5. The highest BCUT2D eigenvalue weighted by Crippen LogP contribution is 2.42. The Bertz CT molecular complexity index is 3200. The van der Waals surface area contributed by atoms with Crippen molar-refractivity contribution in [2.75, 3.05) is 0 Å². The second-order valence-corrected chi connectivity index (χ2v) is 13.6. The van der Waals surface area contributed by atoms with Gasteiger partial charge in [-0.05, 0) is 34.7 Å². The molecule has 0 saturated carbocycles. The van der Waals surface area contributed by atoms with Gasteiger partial charge in [-0.25, -0.2) is 15.0 Å². The van der Waals surface area contributed by atoms with Crippen LogP contribution in [-0.2, 0) is 0 Å². The molecule has 0 fully saturated rings. The van der Waals surface area contributed by atoms with E-state index in [2.05, 4.69) is 138 Å². The van der Waals surface area contributed by atoms with Gasteiger partial charge >= 0.3 is 0 Å². The summed E-state index contributed by atoms with van der Waals surface area (Å²) in [6.07, 6.45) is 0. The first-order chi connectivity index (χ1) is 26.8. The molecule has 5 nitrogen and oxygen atoms in total. The van der Waals surface area contributed by atoms with E-state index in [9.17, 15) is 0 Å². The van der Waals surface area contributed by atoms with Gasteiger partial charge in [-0.2, -0.15) is 0 Å². The maximum absolute atomic E-state index is 6.87. The number of para-hydroxylation sites is 2. The minimum Gasteiger partial charge on any atom is -0.454 e. The first-order valence-electron chi connectivity index (χ1n) is 18.1. The van der Waals surface area contributed by atoms with E-state index in [4.69, 9.17) is 19.4 Å². The third-order valence-electron chi connectivity index (χ3n) is 10.5. The summed E-state index contributed by atoms with van der Waals surface area (Å²) in [5.74, 6) is 1.82. The van der Waals surface area contributed by atoms with E-state index >= 15 is 0 Å². The van der Waals surface area contributed by atoms with Crippen molar-refractivity contribution in [3.8, 4) is 51.0 Å². The SMILES string of the molecule is c1ccc(-c2ccc(-c3nc(-c4ccccc4)nc(-c4cccc5oc6c(-n7c8ccccc8c8ccc9ccccc9c87)cccc6c45)n3)cc2)cc1. The van der Waals surface area contributed by atoms with Crippen LogP contribution in [0.3, 0.4) is 0 Å². The van der Waals surface area contributed by atoms with Crippen molar-refractivity contribution >= 4 is 54.5 Å². The normalized spacial score (nSPS) is 11.7. The van der Waals surface area contributed by atoms with Crippen LogP contribution in [0, 0.1) is 0 Å². The van der Waals surface area contributed by atoms with E-state index in [0.29, 0.717) is 17.5 Å². The summed E-state index contributed by atoms with van der Waals surface area (Å²) in [5.41, 5.74) is 9.89. The van der Waals surface area contributed by atoms with E-state index < -0.39 is 0 Å². The number of aromatic nitrogens is 4. The molecule has 0 aliphatic carbocycles. The zero-order chi connectivity index (χ0) is 35.6. The number of benzene rings is 8. The number of nitrogens with zero attached hydrogens (tertiary/aromatic N) is 4. The quantitative estimate of drug-likeness (QED) is 0.180. The van der Waals surface area contributed by atoms with Crippen LogP contribution in [0.2, 0.25) is 0 Å². The fourth-order valence-corrected chi connectivity index (χ4v) is 7.96. The zero-order valence-corrected chi connectivity index (χ0v) is 29.0. The van der Waals surface area contributed by atoms with Crippen molar-refractivity contribution in [2.24, 2.45) is 0 Å². The molecule has 0 radical (unpaired) electrons. The highest BCUT2D eigenvalue weighted by atomic mass is 16.3. The molecule has 54 heavy (non-hydrogen) atoms. The van der Waals surface area contributed by atoms with E-state index in [1.807, 2.05) is 48.5 Å². The molecular formula is C49H30N4O. The molecule has 0 saturated heterocycles. The summed E-state index contributed by atoms with van der Waals surface area (Å²) in [7, 11) is 0. The molecule has 0 N–H and O–H groups in total. The summed E-state index contributed by atoms with van der Waals surface area (Å²) in [4.78, 5) is 15.3. The van der Waals surface area contributed by atoms with Crippen LogP contribution in [0.15, 0.2) is 186 Å². The summed E-state index contributed by atoms with van der Waals surface area (Å²) in [5, 5.41) is 6.77. The molecule has 0 bridgehead atoms. The third kappa shape index (κ3) is 4.76. The molecule has 0 amide bonds. The lowest BCUT2D eigenvalue weighted by Gasteiger charge is -2.11. The van der Waals surface area contributed by atoms with Crippen molar-refractivity contribution in [3.05, 3.63) is 182 Å². The Labute approximate surface area is 310 Å². The van der Waals surface area contributed by atoms with E-state index in [1.165, 1.54) is 21.5 Å². The molecule has 3 heterocycles. The van der Waals surface area contributed by atoms with Crippen LogP contribution in [0.5, 0.6) is 0 Å². The van der Waals surface area contributed by atoms with Gasteiger partial charge in [0, 0.05) is 43.6 Å². The molecule has 0 aliphatic heterocycles. The Morgan fingerprint density at radius 1 is 0.389 bits per heavy atom. The smallest absolute Gasteiger partial charge is 0.164 e. The summed E-state index contributed by atoms with van der Waals surface area (Å²) in [6, 6.07) is 63.2. The van der Waals surface area contributed by atoms with Gasteiger partial charge in [0.2, 0.25) is 0 Å². The number of hydrogen-bond donors (Lipinski definition) is 0. The molecule has 3 aromatic heterocycles. The summed E-state index contributed by atoms with van der Waals surface area (Å²) >= 11 is 0. The maximum Gasteiger partial charge on any atom is 0.164 e. The fraction of sp³-hybridized carbons (Fsp3) is 0. The monoisotopic (exact) mass is 690 g/mol. The minimum absolute atomic E-state index is 0.590. The van der Waals surface area contributed by atoms with Gasteiger partial charge < -0.3 is 8.98 Å². The molecule has 0 atom stereocenters. The van der Waals surface area contributed by atoms with Crippen molar-refractivity contribution in [1.82, 2.24) is 19.5 Å². The van der Waals surface area contributed by atoms with E-state index in [-0.39, 0.29) is 0 Å². The molecule has 252 valence electrons. The Kier molecular flexibility index (Phi) is 6.79. The highest BCUT2D eigenvalue weighted by molar-refractivity contribution is 6.20. The van der Waals surface area contributed by atoms with Crippen LogP contribution < -0.4 is 0 Å². The van der Waals surface area contributed by atoms with Gasteiger partial charge in [-0.1, -0.05) is 164 Å². The van der Waals surface area contributed by atoms with Crippen LogP contribution >= 0.6 is 0 Å². The molecule has 0 spiro atoms. The molecular weight excluding hydrogens is 661 g/mol. The van der Waals surface area contributed by atoms with E-state index in [1.54, 1.807) is 0 Å². The van der Waals surface area contributed by atoms with Crippen LogP contribution in [0.1, 0.15) is 0 Å².